The molecule has 0 aliphatic carbocycles. The van der Waals surface area contributed by atoms with Gasteiger partial charge in [0, 0.05) is 12.3 Å². The fraction of sp³-hybridized carbons (Fsp3) is 0.526. The van der Waals surface area contributed by atoms with Crippen LogP contribution >= 0.6 is 0 Å². The SMILES string of the molecule is CC1(S(=O)(=O)c2cccc(C(F)(F)F)c2)CCOC(C2=CC(CC(F)F)=NC2)C1. The minimum Gasteiger partial charge on any atom is -0.374 e. The normalized spacial score (nSPS) is 25.8. The van der Waals surface area contributed by atoms with Crippen molar-refractivity contribution in [1.29, 1.82) is 0 Å². The van der Waals surface area contributed by atoms with E-state index < -0.39 is 50.2 Å². The van der Waals surface area contributed by atoms with Crippen molar-refractivity contribution in [1.82, 2.24) is 0 Å². The van der Waals surface area contributed by atoms with Gasteiger partial charge in [0.25, 0.3) is 0 Å². The topological polar surface area (TPSA) is 55.7 Å². The highest BCUT2D eigenvalue weighted by atomic mass is 32.2. The molecule has 160 valence electrons. The summed E-state index contributed by atoms with van der Waals surface area (Å²) < 4.78 is 94.7. The van der Waals surface area contributed by atoms with Gasteiger partial charge in [-0.1, -0.05) is 6.07 Å². The van der Waals surface area contributed by atoms with Crippen LogP contribution in [0.1, 0.15) is 31.7 Å². The number of benzene rings is 1. The Morgan fingerprint density at radius 3 is 2.69 bits per heavy atom. The molecule has 2 unspecified atom stereocenters. The molecule has 0 radical (unpaired) electrons. The molecule has 0 spiro atoms. The first kappa shape index (κ1) is 21.9. The molecule has 2 heterocycles. The second-order valence-corrected chi connectivity index (χ2v) is 9.88. The van der Waals surface area contributed by atoms with Crippen LogP contribution in [0.5, 0.6) is 0 Å². The Hall–Kier alpha value is -1.81. The predicted octanol–water partition coefficient (Wildman–Crippen LogP) is 4.45. The molecule has 3 rings (SSSR count). The lowest BCUT2D eigenvalue weighted by atomic mass is 9.92. The molecule has 1 aromatic rings. The monoisotopic (exact) mass is 437 g/mol. The van der Waals surface area contributed by atoms with Crippen molar-refractivity contribution < 1.29 is 35.1 Å². The zero-order valence-electron chi connectivity index (χ0n) is 15.5. The summed E-state index contributed by atoms with van der Waals surface area (Å²) >= 11 is 0. The lowest BCUT2D eigenvalue weighted by Gasteiger charge is -2.38. The van der Waals surface area contributed by atoms with Gasteiger partial charge < -0.3 is 4.74 Å². The van der Waals surface area contributed by atoms with Crippen LogP contribution < -0.4 is 0 Å². The van der Waals surface area contributed by atoms with Crippen molar-refractivity contribution >= 4 is 15.5 Å². The molecule has 1 saturated heterocycles. The molecule has 0 bridgehead atoms. The summed E-state index contributed by atoms with van der Waals surface area (Å²) in [5.41, 5.74) is -0.202. The molecule has 4 nitrogen and oxygen atoms in total. The zero-order valence-corrected chi connectivity index (χ0v) is 16.4. The first-order valence-electron chi connectivity index (χ1n) is 8.98. The third-order valence-corrected chi connectivity index (χ3v) is 7.82. The van der Waals surface area contributed by atoms with Crippen molar-refractivity contribution in [2.24, 2.45) is 4.99 Å². The highest BCUT2D eigenvalue weighted by Gasteiger charge is 2.46. The van der Waals surface area contributed by atoms with Gasteiger partial charge in [0.2, 0.25) is 6.43 Å². The molecule has 1 fully saturated rings. The smallest absolute Gasteiger partial charge is 0.374 e. The summed E-state index contributed by atoms with van der Waals surface area (Å²) in [6.45, 7) is 1.71. The summed E-state index contributed by atoms with van der Waals surface area (Å²) in [5, 5.41) is 0. The average molecular weight is 437 g/mol. The van der Waals surface area contributed by atoms with Crippen molar-refractivity contribution in [3.63, 3.8) is 0 Å². The Morgan fingerprint density at radius 1 is 1.31 bits per heavy atom. The highest BCUT2D eigenvalue weighted by molar-refractivity contribution is 7.92. The van der Waals surface area contributed by atoms with Crippen LogP contribution in [0.3, 0.4) is 0 Å². The van der Waals surface area contributed by atoms with Gasteiger partial charge in [-0.2, -0.15) is 13.2 Å². The number of halogens is 5. The third kappa shape index (κ3) is 4.53. The van der Waals surface area contributed by atoms with E-state index in [1.807, 2.05) is 0 Å². The molecule has 1 aromatic carbocycles. The standard InChI is InChI=1S/C19H20F5NO3S/c1-18(29(26,27)15-4-2-3-13(8-15)19(22,23)24)5-6-28-16(10-18)12-7-14(25-11-12)9-17(20)21/h2-4,7-8,16-17H,5-6,9-11H2,1H3. The fourth-order valence-corrected chi connectivity index (χ4v) is 5.38. The minimum atomic E-state index is -4.66. The zero-order chi connectivity index (χ0) is 21.4. The molecule has 0 aromatic heterocycles. The van der Waals surface area contributed by atoms with Crippen LogP contribution in [-0.2, 0) is 20.8 Å². The van der Waals surface area contributed by atoms with E-state index in [2.05, 4.69) is 4.99 Å². The number of hydrogen-bond donors (Lipinski definition) is 0. The van der Waals surface area contributed by atoms with E-state index >= 15 is 0 Å². The summed E-state index contributed by atoms with van der Waals surface area (Å²) in [6, 6.07) is 3.68. The number of allylic oxidation sites excluding steroid dienone is 1. The van der Waals surface area contributed by atoms with Crippen LogP contribution in [0.2, 0.25) is 0 Å². The van der Waals surface area contributed by atoms with Gasteiger partial charge in [0.05, 0.1) is 34.3 Å². The molecule has 29 heavy (non-hydrogen) atoms. The maximum absolute atomic E-state index is 13.2. The summed E-state index contributed by atoms with van der Waals surface area (Å²) in [4.78, 5) is 3.63. The molecule has 0 amide bonds. The quantitative estimate of drug-likeness (QED) is 0.640. The Morgan fingerprint density at radius 2 is 2.03 bits per heavy atom. The van der Waals surface area contributed by atoms with Gasteiger partial charge >= 0.3 is 6.18 Å². The lowest BCUT2D eigenvalue weighted by molar-refractivity contribution is -0.137. The Labute approximate surface area is 165 Å². The highest BCUT2D eigenvalue weighted by Crippen LogP contribution is 2.40. The number of sulfone groups is 1. The van der Waals surface area contributed by atoms with E-state index in [1.165, 1.54) is 13.0 Å². The molecule has 10 heteroatoms. The number of aliphatic imine (C=N–C) groups is 1. The first-order valence-corrected chi connectivity index (χ1v) is 10.5. The van der Waals surface area contributed by atoms with E-state index in [9.17, 15) is 30.4 Å². The van der Waals surface area contributed by atoms with Crippen molar-refractivity contribution in [2.75, 3.05) is 13.2 Å². The summed E-state index contributed by atoms with van der Waals surface area (Å²) in [7, 11) is -4.10. The Bertz CT molecular complexity index is 939. The number of ether oxygens (including phenoxy) is 1. The van der Waals surface area contributed by atoms with E-state index in [1.54, 1.807) is 0 Å². The number of rotatable bonds is 5. The van der Waals surface area contributed by atoms with Gasteiger partial charge in [-0.05, 0) is 49.6 Å². The van der Waals surface area contributed by atoms with Gasteiger partial charge in [-0.15, -0.1) is 0 Å². The number of nitrogens with zero attached hydrogens (tertiary/aromatic N) is 1. The van der Waals surface area contributed by atoms with Crippen molar-refractivity contribution in [3.05, 3.63) is 41.5 Å². The molecule has 2 aliphatic heterocycles. The molecular formula is C19H20F5NO3S. The van der Waals surface area contributed by atoms with E-state index in [0.29, 0.717) is 11.6 Å². The minimum absolute atomic E-state index is 0.00882. The van der Waals surface area contributed by atoms with Crippen LogP contribution in [0.15, 0.2) is 45.8 Å². The second-order valence-electron chi connectivity index (χ2n) is 7.41. The van der Waals surface area contributed by atoms with Crippen molar-refractivity contribution in [3.8, 4) is 0 Å². The van der Waals surface area contributed by atoms with E-state index in [4.69, 9.17) is 4.74 Å². The van der Waals surface area contributed by atoms with Crippen molar-refractivity contribution in [2.45, 2.75) is 54.5 Å². The largest absolute Gasteiger partial charge is 0.416 e. The second kappa shape index (κ2) is 7.79. The number of alkyl halides is 5. The molecule has 2 atom stereocenters. The predicted molar refractivity (Wildman–Crippen MR) is 97.0 cm³/mol. The number of hydrogen-bond acceptors (Lipinski definition) is 4. The maximum atomic E-state index is 13.2. The van der Waals surface area contributed by atoms with Crippen LogP contribution in [0, 0.1) is 0 Å². The van der Waals surface area contributed by atoms with Crippen LogP contribution in [0.25, 0.3) is 0 Å². The van der Waals surface area contributed by atoms with E-state index in [-0.39, 0.29) is 31.7 Å². The Kier molecular flexibility index (Phi) is 5.88. The maximum Gasteiger partial charge on any atom is 0.416 e. The third-order valence-electron chi connectivity index (χ3n) is 5.28. The van der Waals surface area contributed by atoms with Gasteiger partial charge in [0.1, 0.15) is 0 Å². The molecule has 2 aliphatic rings. The summed E-state index contributed by atoms with van der Waals surface area (Å²) in [5.74, 6) is 0. The van der Waals surface area contributed by atoms with Crippen LogP contribution in [0.4, 0.5) is 22.0 Å². The molecule has 0 N–H and O–H groups in total. The van der Waals surface area contributed by atoms with Gasteiger partial charge in [-0.3, -0.25) is 4.99 Å². The van der Waals surface area contributed by atoms with Gasteiger partial charge in [0.15, 0.2) is 9.84 Å². The fourth-order valence-electron chi connectivity index (χ4n) is 3.55. The summed E-state index contributed by atoms with van der Waals surface area (Å²) in [6.07, 6.45) is -6.71. The van der Waals surface area contributed by atoms with Gasteiger partial charge in [-0.25, -0.2) is 17.2 Å². The van der Waals surface area contributed by atoms with Crippen LogP contribution in [-0.4, -0.2) is 44.6 Å². The average Bonchev–Trinajstić information content (AvgIpc) is 3.09. The molecular weight excluding hydrogens is 417 g/mol. The van der Waals surface area contributed by atoms with E-state index in [0.717, 1.165) is 18.2 Å². The Balaban J connectivity index is 1.85. The molecule has 0 saturated carbocycles. The first-order chi connectivity index (χ1) is 13.4. The lowest BCUT2D eigenvalue weighted by Crippen LogP contribution is -2.45.